The molecule has 3 rings (SSSR count). The molecule has 0 saturated carbocycles. The second-order valence-electron chi connectivity index (χ2n) is 5.98. The highest BCUT2D eigenvalue weighted by molar-refractivity contribution is 9.10. The SMILES string of the molecule is O=C(CSc1ccc(Br)cc1)N1CCCCCC1c1ccncc1. The van der Waals surface area contributed by atoms with E-state index in [1.165, 1.54) is 18.4 Å². The van der Waals surface area contributed by atoms with Gasteiger partial charge in [0.2, 0.25) is 5.91 Å². The van der Waals surface area contributed by atoms with Gasteiger partial charge in [0.05, 0.1) is 11.8 Å². The molecule has 5 heteroatoms. The molecule has 1 aromatic carbocycles. The molecule has 126 valence electrons. The predicted octanol–water partition coefficient (Wildman–Crippen LogP) is 5.08. The number of benzene rings is 1. The Morgan fingerprint density at radius 1 is 1.12 bits per heavy atom. The molecule has 1 aliphatic heterocycles. The number of carbonyl (C=O) groups excluding carboxylic acids is 1. The van der Waals surface area contributed by atoms with Gasteiger partial charge in [-0.1, -0.05) is 28.8 Å². The third-order valence-electron chi connectivity index (χ3n) is 4.34. The summed E-state index contributed by atoms with van der Waals surface area (Å²) in [4.78, 5) is 20.2. The van der Waals surface area contributed by atoms with E-state index in [-0.39, 0.29) is 11.9 Å². The first-order chi connectivity index (χ1) is 11.7. The van der Waals surface area contributed by atoms with Crippen LogP contribution in [0.5, 0.6) is 0 Å². The second-order valence-corrected chi connectivity index (χ2v) is 7.94. The summed E-state index contributed by atoms with van der Waals surface area (Å²) in [7, 11) is 0. The average Bonchev–Trinajstić information content (AvgIpc) is 2.88. The molecule has 0 radical (unpaired) electrons. The Hall–Kier alpha value is -1.33. The Labute approximate surface area is 156 Å². The number of carbonyl (C=O) groups is 1. The average molecular weight is 405 g/mol. The van der Waals surface area contributed by atoms with Crippen LogP contribution in [0.15, 0.2) is 58.2 Å². The molecule has 1 amide bonds. The summed E-state index contributed by atoms with van der Waals surface area (Å²) in [6.45, 7) is 0.854. The van der Waals surface area contributed by atoms with Crippen molar-refractivity contribution in [2.75, 3.05) is 12.3 Å². The van der Waals surface area contributed by atoms with E-state index in [0.29, 0.717) is 5.75 Å². The molecule has 1 aliphatic rings. The fraction of sp³-hybridized carbons (Fsp3) is 0.368. The van der Waals surface area contributed by atoms with Gasteiger partial charge in [0.25, 0.3) is 0 Å². The summed E-state index contributed by atoms with van der Waals surface area (Å²) in [5, 5.41) is 0. The molecular formula is C19H21BrN2OS. The van der Waals surface area contributed by atoms with Crippen LogP contribution in [0.25, 0.3) is 0 Å². The highest BCUT2D eigenvalue weighted by atomic mass is 79.9. The number of pyridine rings is 1. The molecule has 1 unspecified atom stereocenters. The summed E-state index contributed by atoms with van der Waals surface area (Å²) < 4.78 is 1.06. The van der Waals surface area contributed by atoms with Gasteiger partial charge in [-0.15, -0.1) is 11.8 Å². The van der Waals surface area contributed by atoms with Gasteiger partial charge < -0.3 is 4.90 Å². The van der Waals surface area contributed by atoms with Gasteiger partial charge in [-0.05, 0) is 54.8 Å². The summed E-state index contributed by atoms with van der Waals surface area (Å²) in [6.07, 6.45) is 8.15. The highest BCUT2D eigenvalue weighted by Crippen LogP contribution is 2.31. The minimum Gasteiger partial charge on any atom is -0.335 e. The van der Waals surface area contributed by atoms with Crippen LogP contribution in [0.1, 0.15) is 37.3 Å². The number of rotatable bonds is 4. The smallest absolute Gasteiger partial charge is 0.233 e. The summed E-state index contributed by atoms with van der Waals surface area (Å²) in [6, 6.07) is 12.4. The number of aromatic nitrogens is 1. The molecule has 0 N–H and O–H groups in total. The summed E-state index contributed by atoms with van der Waals surface area (Å²) >= 11 is 5.05. The minimum absolute atomic E-state index is 0.188. The maximum Gasteiger partial charge on any atom is 0.233 e. The predicted molar refractivity (Wildman–Crippen MR) is 102 cm³/mol. The lowest BCUT2D eigenvalue weighted by molar-refractivity contribution is -0.130. The van der Waals surface area contributed by atoms with Crippen LogP contribution in [-0.2, 0) is 4.79 Å². The molecule has 2 heterocycles. The number of halogens is 1. The van der Waals surface area contributed by atoms with Gasteiger partial charge in [0.1, 0.15) is 0 Å². The first-order valence-electron chi connectivity index (χ1n) is 8.32. The van der Waals surface area contributed by atoms with E-state index in [9.17, 15) is 4.79 Å². The van der Waals surface area contributed by atoms with Crippen LogP contribution in [-0.4, -0.2) is 28.1 Å². The number of hydrogen-bond acceptors (Lipinski definition) is 3. The molecule has 0 aliphatic carbocycles. The second kappa shape index (κ2) is 8.67. The molecule has 1 aromatic heterocycles. The van der Waals surface area contributed by atoms with Crippen LogP contribution < -0.4 is 0 Å². The molecule has 0 bridgehead atoms. The molecule has 1 saturated heterocycles. The number of amides is 1. The Balaban J connectivity index is 1.69. The first-order valence-corrected chi connectivity index (χ1v) is 10.1. The van der Waals surface area contributed by atoms with Crippen LogP contribution in [0.3, 0.4) is 0 Å². The lowest BCUT2D eigenvalue weighted by Gasteiger charge is -2.30. The van der Waals surface area contributed by atoms with Crippen molar-refractivity contribution in [2.45, 2.75) is 36.6 Å². The molecule has 1 fully saturated rings. The monoisotopic (exact) mass is 404 g/mol. The van der Waals surface area contributed by atoms with Crippen LogP contribution in [0.2, 0.25) is 0 Å². The van der Waals surface area contributed by atoms with Crippen molar-refractivity contribution in [3.8, 4) is 0 Å². The zero-order valence-electron chi connectivity index (χ0n) is 13.5. The van der Waals surface area contributed by atoms with Crippen LogP contribution >= 0.6 is 27.7 Å². The van der Waals surface area contributed by atoms with E-state index in [1.807, 2.05) is 48.8 Å². The first kappa shape index (κ1) is 17.5. The Morgan fingerprint density at radius 2 is 1.88 bits per heavy atom. The van der Waals surface area contributed by atoms with E-state index >= 15 is 0 Å². The van der Waals surface area contributed by atoms with Crippen molar-refractivity contribution in [1.82, 2.24) is 9.88 Å². The fourth-order valence-electron chi connectivity index (χ4n) is 3.10. The van der Waals surface area contributed by atoms with Gasteiger partial charge in [0.15, 0.2) is 0 Å². The fourth-order valence-corrected chi connectivity index (χ4v) is 4.15. The Morgan fingerprint density at radius 3 is 2.62 bits per heavy atom. The molecule has 1 atom stereocenters. The molecule has 3 nitrogen and oxygen atoms in total. The van der Waals surface area contributed by atoms with Crippen molar-refractivity contribution in [1.29, 1.82) is 0 Å². The zero-order chi connectivity index (χ0) is 16.8. The van der Waals surface area contributed by atoms with Crippen molar-refractivity contribution >= 4 is 33.6 Å². The molecule has 24 heavy (non-hydrogen) atoms. The highest BCUT2D eigenvalue weighted by Gasteiger charge is 2.26. The lowest BCUT2D eigenvalue weighted by Crippen LogP contribution is -2.36. The third kappa shape index (κ3) is 4.61. The molecule has 0 spiro atoms. The van der Waals surface area contributed by atoms with Crippen molar-refractivity contribution in [3.63, 3.8) is 0 Å². The lowest BCUT2D eigenvalue weighted by atomic mass is 10.0. The topological polar surface area (TPSA) is 33.2 Å². The third-order valence-corrected chi connectivity index (χ3v) is 5.87. The van der Waals surface area contributed by atoms with Crippen molar-refractivity contribution in [2.24, 2.45) is 0 Å². The quantitative estimate of drug-likeness (QED) is 0.665. The number of likely N-dealkylation sites (tertiary alicyclic amines) is 1. The minimum atomic E-state index is 0.188. The van der Waals surface area contributed by atoms with E-state index < -0.39 is 0 Å². The summed E-state index contributed by atoms with van der Waals surface area (Å²) in [5.41, 5.74) is 1.20. The van der Waals surface area contributed by atoms with Gasteiger partial charge in [-0.2, -0.15) is 0 Å². The van der Waals surface area contributed by atoms with E-state index in [2.05, 4.69) is 25.8 Å². The number of nitrogens with zero attached hydrogens (tertiary/aromatic N) is 2. The number of thioether (sulfide) groups is 1. The van der Waals surface area contributed by atoms with E-state index in [0.717, 1.165) is 28.8 Å². The standard InChI is InChI=1S/C19H21BrN2OS/c20-16-5-7-17(8-6-16)24-14-19(23)22-13-3-1-2-4-18(22)15-9-11-21-12-10-15/h5-12,18H,1-4,13-14H2. The maximum absolute atomic E-state index is 12.9. The Bertz CT molecular complexity index is 663. The van der Waals surface area contributed by atoms with Gasteiger partial charge in [-0.25, -0.2) is 0 Å². The van der Waals surface area contributed by atoms with Gasteiger partial charge in [0, 0.05) is 28.3 Å². The van der Waals surface area contributed by atoms with Gasteiger partial charge >= 0.3 is 0 Å². The normalized spacial score (nSPS) is 18.2. The largest absolute Gasteiger partial charge is 0.335 e. The van der Waals surface area contributed by atoms with Crippen LogP contribution in [0.4, 0.5) is 0 Å². The molecular weight excluding hydrogens is 384 g/mol. The maximum atomic E-state index is 12.9. The van der Waals surface area contributed by atoms with Crippen molar-refractivity contribution < 1.29 is 4.79 Å². The van der Waals surface area contributed by atoms with Gasteiger partial charge in [-0.3, -0.25) is 9.78 Å². The summed E-state index contributed by atoms with van der Waals surface area (Å²) in [5.74, 6) is 0.718. The number of hydrogen-bond donors (Lipinski definition) is 0. The van der Waals surface area contributed by atoms with E-state index in [4.69, 9.17) is 0 Å². The van der Waals surface area contributed by atoms with Crippen molar-refractivity contribution in [3.05, 3.63) is 58.8 Å². The zero-order valence-corrected chi connectivity index (χ0v) is 15.9. The Kier molecular flexibility index (Phi) is 6.32. The van der Waals surface area contributed by atoms with E-state index in [1.54, 1.807) is 11.8 Å². The van der Waals surface area contributed by atoms with Crippen LogP contribution in [0, 0.1) is 0 Å². The molecule has 2 aromatic rings.